The van der Waals surface area contributed by atoms with Gasteiger partial charge in [0, 0.05) is 4.90 Å². The highest BCUT2D eigenvalue weighted by Crippen LogP contribution is 2.23. The summed E-state index contributed by atoms with van der Waals surface area (Å²) >= 11 is 1.44. The van der Waals surface area contributed by atoms with Crippen LogP contribution >= 0.6 is 11.8 Å². The van der Waals surface area contributed by atoms with Crippen LogP contribution in [0, 0.1) is 5.82 Å². The van der Waals surface area contributed by atoms with E-state index < -0.39 is 11.5 Å². The maximum atomic E-state index is 13.3. The number of carbonyl (C=O) groups is 1. The molecule has 1 unspecified atom stereocenters. The van der Waals surface area contributed by atoms with Gasteiger partial charge in [-0.15, -0.1) is 11.8 Å². The van der Waals surface area contributed by atoms with Crippen molar-refractivity contribution in [2.45, 2.75) is 36.6 Å². The average Bonchev–Trinajstić information content (AvgIpc) is 2.30. The number of hydrogen-bond acceptors (Lipinski definition) is 3. The third-order valence-corrected chi connectivity index (χ3v) is 3.81. The molecule has 0 bridgehead atoms. The van der Waals surface area contributed by atoms with Crippen molar-refractivity contribution in [3.05, 3.63) is 30.1 Å². The molecule has 0 saturated heterocycles. The summed E-state index contributed by atoms with van der Waals surface area (Å²) in [5.41, 5.74) is 4.45. The average molecular weight is 271 g/mol. The van der Waals surface area contributed by atoms with E-state index in [1.54, 1.807) is 18.2 Å². The largest absolute Gasteiger partial charge is 0.480 e. The minimum atomic E-state index is -1.16. The van der Waals surface area contributed by atoms with E-state index >= 15 is 0 Å². The molecule has 3 nitrogen and oxygen atoms in total. The fraction of sp³-hybridized carbons (Fsp3) is 0.462. The van der Waals surface area contributed by atoms with Crippen LogP contribution in [-0.4, -0.2) is 22.4 Å². The van der Waals surface area contributed by atoms with Gasteiger partial charge in [-0.25, -0.2) is 4.39 Å². The molecule has 0 aliphatic rings. The Morgan fingerprint density at radius 3 is 2.72 bits per heavy atom. The van der Waals surface area contributed by atoms with Crippen molar-refractivity contribution in [1.82, 2.24) is 0 Å². The molecule has 0 fully saturated rings. The molecular weight excluding hydrogens is 253 g/mol. The highest BCUT2D eigenvalue weighted by Gasteiger charge is 2.26. The molecule has 18 heavy (non-hydrogen) atoms. The van der Waals surface area contributed by atoms with E-state index in [1.165, 1.54) is 24.8 Å². The number of aliphatic carboxylic acids is 1. The quantitative estimate of drug-likeness (QED) is 0.591. The van der Waals surface area contributed by atoms with Crippen LogP contribution in [0.3, 0.4) is 0 Å². The molecule has 0 heterocycles. The molecule has 0 aliphatic heterocycles. The van der Waals surface area contributed by atoms with Crippen molar-refractivity contribution in [2.24, 2.45) is 5.73 Å². The minimum absolute atomic E-state index is 0.211. The van der Waals surface area contributed by atoms with Gasteiger partial charge in [0.15, 0.2) is 0 Å². The Bertz CT molecular complexity index is 410. The number of benzene rings is 1. The van der Waals surface area contributed by atoms with Gasteiger partial charge in [-0.05, 0) is 37.7 Å². The summed E-state index contributed by atoms with van der Waals surface area (Å²) in [7, 11) is 0. The topological polar surface area (TPSA) is 63.3 Å². The Morgan fingerprint density at radius 1 is 1.44 bits per heavy atom. The molecule has 0 spiro atoms. The smallest absolute Gasteiger partial charge is 0.323 e. The van der Waals surface area contributed by atoms with Crippen LogP contribution in [0.25, 0.3) is 0 Å². The molecule has 1 atom stereocenters. The molecule has 1 aromatic rings. The summed E-state index contributed by atoms with van der Waals surface area (Å²) in [6.07, 6.45) is 1.97. The van der Waals surface area contributed by atoms with Crippen molar-refractivity contribution in [1.29, 1.82) is 0 Å². The van der Waals surface area contributed by atoms with E-state index in [2.05, 4.69) is 0 Å². The van der Waals surface area contributed by atoms with E-state index in [0.717, 1.165) is 18.6 Å². The van der Waals surface area contributed by atoms with Crippen LogP contribution < -0.4 is 5.73 Å². The van der Waals surface area contributed by atoms with E-state index in [1.807, 2.05) is 0 Å². The highest BCUT2D eigenvalue weighted by atomic mass is 32.2. The van der Waals surface area contributed by atoms with Crippen molar-refractivity contribution in [3.8, 4) is 0 Å². The number of nitrogens with two attached hydrogens (primary N) is 1. The fourth-order valence-corrected chi connectivity index (χ4v) is 2.39. The maximum absolute atomic E-state index is 13.3. The fourth-order valence-electron chi connectivity index (χ4n) is 1.45. The van der Waals surface area contributed by atoms with Crippen molar-refractivity contribution in [3.63, 3.8) is 0 Å². The first-order valence-corrected chi connectivity index (χ1v) is 6.81. The number of carboxylic acids is 1. The van der Waals surface area contributed by atoms with Crippen molar-refractivity contribution in [2.75, 3.05) is 5.75 Å². The Kier molecular flexibility index (Phi) is 5.62. The van der Waals surface area contributed by atoms with E-state index in [9.17, 15) is 9.18 Å². The monoisotopic (exact) mass is 271 g/mol. The lowest BCUT2D eigenvalue weighted by atomic mass is 9.97. The highest BCUT2D eigenvalue weighted by molar-refractivity contribution is 7.99. The lowest BCUT2D eigenvalue weighted by Gasteiger charge is -2.18. The minimum Gasteiger partial charge on any atom is -0.480 e. The van der Waals surface area contributed by atoms with Gasteiger partial charge in [0.1, 0.15) is 11.4 Å². The molecule has 0 aromatic heterocycles. The van der Waals surface area contributed by atoms with Gasteiger partial charge in [0.25, 0.3) is 0 Å². The molecule has 5 heteroatoms. The third-order valence-electron chi connectivity index (χ3n) is 2.67. The number of halogens is 1. The zero-order valence-electron chi connectivity index (χ0n) is 10.4. The zero-order valence-corrected chi connectivity index (χ0v) is 11.2. The van der Waals surface area contributed by atoms with Crippen molar-refractivity contribution >= 4 is 17.7 Å². The predicted molar refractivity (Wildman–Crippen MR) is 71.2 cm³/mol. The summed E-state index contributed by atoms with van der Waals surface area (Å²) in [4.78, 5) is 11.4. The van der Waals surface area contributed by atoms with Crippen LogP contribution in [0.15, 0.2) is 29.2 Å². The van der Waals surface area contributed by atoms with Gasteiger partial charge in [-0.1, -0.05) is 18.6 Å². The summed E-state index contributed by atoms with van der Waals surface area (Å²) in [6.45, 7) is 1.51. The van der Waals surface area contributed by atoms with Gasteiger partial charge in [-0.3, -0.25) is 4.79 Å². The van der Waals surface area contributed by atoms with E-state index in [0.29, 0.717) is 11.3 Å². The molecule has 100 valence electrons. The standard InChI is InChI=1S/C13H18FNO2S/c1-13(15,12(16)17)8-4-5-9-18-11-7-3-2-6-10(11)14/h2-3,6-7H,4-5,8-9,15H2,1H3,(H,16,17). The molecular formula is C13H18FNO2S. The van der Waals surface area contributed by atoms with Gasteiger partial charge in [-0.2, -0.15) is 0 Å². The molecule has 0 radical (unpaired) electrons. The normalized spacial score (nSPS) is 14.2. The first-order valence-electron chi connectivity index (χ1n) is 5.83. The van der Waals surface area contributed by atoms with Gasteiger partial charge in [0.2, 0.25) is 0 Å². The second kappa shape index (κ2) is 6.75. The van der Waals surface area contributed by atoms with E-state index in [4.69, 9.17) is 10.8 Å². The Labute approximate surface area is 111 Å². The summed E-state index contributed by atoms with van der Waals surface area (Å²) in [5.74, 6) is -0.433. The van der Waals surface area contributed by atoms with Gasteiger partial charge < -0.3 is 10.8 Å². The molecule has 0 amide bonds. The number of unbranched alkanes of at least 4 members (excludes halogenated alkanes) is 1. The molecule has 0 saturated carbocycles. The Hall–Kier alpha value is -1.07. The number of thioether (sulfide) groups is 1. The Balaban J connectivity index is 2.24. The lowest BCUT2D eigenvalue weighted by Crippen LogP contribution is -2.44. The molecule has 1 aromatic carbocycles. The molecule has 3 N–H and O–H groups in total. The SMILES string of the molecule is CC(N)(CCCCSc1ccccc1F)C(=O)O. The van der Waals surface area contributed by atoms with Crippen LogP contribution in [0.4, 0.5) is 4.39 Å². The molecule has 1 rings (SSSR count). The second-order valence-corrected chi connectivity index (χ2v) is 5.60. The Morgan fingerprint density at radius 2 is 2.11 bits per heavy atom. The van der Waals surface area contributed by atoms with Crippen LogP contribution in [0.5, 0.6) is 0 Å². The van der Waals surface area contributed by atoms with Gasteiger partial charge >= 0.3 is 5.97 Å². The first-order chi connectivity index (χ1) is 8.43. The van der Waals surface area contributed by atoms with Crippen LogP contribution in [0.1, 0.15) is 26.2 Å². The number of carboxylic acid groups (broad SMARTS) is 1. The summed E-state index contributed by atoms with van der Waals surface area (Å²) in [5, 5.41) is 8.83. The number of hydrogen-bond donors (Lipinski definition) is 2. The third kappa shape index (κ3) is 4.66. The lowest BCUT2D eigenvalue weighted by molar-refractivity contribution is -0.142. The molecule has 0 aliphatic carbocycles. The number of rotatable bonds is 7. The van der Waals surface area contributed by atoms with Crippen molar-refractivity contribution < 1.29 is 14.3 Å². The first kappa shape index (κ1) is 15.0. The predicted octanol–water partition coefficient (Wildman–Crippen LogP) is 2.89. The summed E-state index contributed by atoms with van der Waals surface area (Å²) < 4.78 is 13.3. The maximum Gasteiger partial charge on any atom is 0.323 e. The van der Waals surface area contributed by atoms with Crippen LogP contribution in [0.2, 0.25) is 0 Å². The zero-order chi connectivity index (χ0) is 13.6. The van der Waals surface area contributed by atoms with E-state index in [-0.39, 0.29) is 5.82 Å². The summed E-state index contributed by atoms with van der Waals surface area (Å²) in [6, 6.07) is 6.63. The van der Waals surface area contributed by atoms with Crippen LogP contribution in [-0.2, 0) is 4.79 Å². The second-order valence-electron chi connectivity index (χ2n) is 4.46. The van der Waals surface area contributed by atoms with Gasteiger partial charge in [0.05, 0.1) is 0 Å².